The summed E-state index contributed by atoms with van der Waals surface area (Å²) in [7, 11) is 0. The first-order valence-electron chi connectivity index (χ1n) is 7.15. The molecule has 4 nitrogen and oxygen atoms in total. The molecule has 1 unspecified atom stereocenters. The lowest BCUT2D eigenvalue weighted by Crippen LogP contribution is -2.24. The molecule has 0 bridgehead atoms. The lowest BCUT2D eigenvalue weighted by molar-refractivity contribution is 0.599. The maximum absolute atomic E-state index is 4.53. The molecule has 3 aromatic rings. The summed E-state index contributed by atoms with van der Waals surface area (Å²) in [4.78, 5) is 13.5. The third-order valence-corrected chi connectivity index (χ3v) is 3.44. The smallest absolute Gasteiger partial charge is 0.149 e. The van der Waals surface area contributed by atoms with Gasteiger partial charge in [0.15, 0.2) is 0 Å². The third kappa shape index (κ3) is 2.76. The standard InChI is InChI=1S/C17H18N4/c1-3-18-16(17-20-10-12(2)11-21-17)14-8-4-6-13-7-5-9-19-15(13)14/h4-11,16,18H,3H2,1-2H3. The highest BCUT2D eigenvalue weighted by atomic mass is 15.0. The summed E-state index contributed by atoms with van der Waals surface area (Å²) in [5.74, 6) is 0.778. The van der Waals surface area contributed by atoms with Crippen molar-refractivity contribution in [3.05, 3.63) is 65.9 Å². The number of rotatable bonds is 4. The van der Waals surface area contributed by atoms with Gasteiger partial charge in [-0.25, -0.2) is 9.97 Å². The van der Waals surface area contributed by atoms with Crippen LogP contribution in [-0.4, -0.2) is 21.5 Å². The van der Waals surface area contributed by atoms with Gasteiger partial charge in [0, 0.05) is 29.5 Å². The fourth-order valence-corrected chi connectivity index (χ4v) is 2.46. The molecule has 3 rings (SSSR count). The number of aryl methyl sites for hydroxylation is 1. The molecular formula is C17H18N4. The van der Waals surface area contributed by atoms with Crippen molar-refractivity contribution < 1.29 is 0 Å². The minimum absolute atomic E-state index is 0.0470. The number of hydrogen-bond donors (Lipinski definition) is 1. The molecule has 1 N–H and O–H groups in total. The largest absolute Gasteiger partial charge is 0.304 e. The van der Waals surface area contributed by atoms with Gasteiger partial charge in [-0.3, -0.25) is 4.98 Å². The topological polar surface area (TPSA) is 50.7 Å². The van der Waals surface area contributed by atoms with E-state index in [0.717, 1.165) is 34.4 Å². The maximum atomic E-state index is 4.53. The molecule has 21 heavy (non-hydrogen) atoms. The normalized spacial score (nSPS) is 12.5. The van der Waals surface area contributed by atoms with Crippen LogP contribution in [0.15, 0.2) is 48.9 Å². The van der Waals surface area contributed by atoms with E-state index < -0.39 is 0 Å². The van der Waals surface area contributed by atoms with Crippen LogP contribution in [0.3, 0.4) is 0 Å². The molecule has 1 aromatic carbocycles. The van der Waals surface area contributed by atoms with Crippen molar-refractivity contribution in [2.45, 2.75) is 19.9 Å². The second kappa shape index (κ2) is 5.97. The van der Waals surface area contributed by atoms with Crippen LogP contribution in [0.4, 0.5) is 0 Å². The molecular weight excluding hydrogens is 260 g/mol. The summed E-state index contributed by atoms with van der Waals surface area (Å²) in [6.45, 7) is 4.91. The van der Waals surface area contributed by atoms with Crippen molar-refractivity contribution in [2.75, 3.05) is 6.54 Å². The molecule has 0 fully saturated rings. The minimum atomic E-state index is -0.0470. The van der Waals surface area contributed by atoms with E-state index in [0.29, 0.717) is 0 Å². The highest BCUT2D eigenvalue weighted by Gasteiger charge is 2.18. The molecule has 0 saturated carbocycles. The van der Waals surface area contributed by atoms with E-state index in [4.69, 9.17) is 0 Å². The van der Waals surface area contributed by atoms with Crippen molar-refractivity contribution in [1.82, 2.24) is 20.3 Å². The third-order valence-electron chi connectivity index (χ3n) is 3.44. The van der Waals surface area contributed by atoms with Gasteiger partial charge < -0.3 is 5.32 Å². The van der Waals surface area contributed by atoms with Gasteiger partial charge in [0.2, 0.25) is 0 Å². The summed E-state index contributed by atoms with van der Waals surface area (Å²) < 4.78 is 0. The maximum Gasteiger partial charge on any atom is 0.149 e. The number of benzene rings is 1. The first-order valence-corrected chi connectivity index (χ1v) is 7.15. The first-order chi connectivity index (χ1) is 10.3. The van der Waals surface area contributed by atoms with E-state index in [9.17, 15) is 0 Å². The van der Waals surface area contributed by atoms with Crippen molar-refractivity contribution in [3.8, 4) is 0 Å². The number of nitrogens with zero attached hydrogens (tertiary/aromatic N) is 3. The number of nitrogens with one attached hydrogen (secondary N) is 1. The number of para-hydroxylation sites is 1. The zero-order chi connectivity index (χ0) is 14.7. The average Bonchev–Trinajstić information content (AvgIpc) is 2.53. The summed E-state index contributed by atoms with van der Waals surface area (Å²) in [6.07, 6.45) is 5.53. The quantitative estimate of drug-likeness (QED) is 0.797. The number of aromatic nitrogens is 3. The highest BCUT2D eigenvalue weighted by Crippen LogP contribution is 2.25. The van der Waals surface area contributed by atoms with Gasteiger partial charge in [0.25, 0.3) is 0 Å². The minimum Gasteiger partial charge on any atom is -0.304 e. The van der Waals surface area contributed by atoms with E-state index in [1.807, 2.05) is 31.6 Å². The molecule has 0 amide bonds. The summed E-state index contributed by atoms with van der Waals surface area (Å²) in [6, 6.07) is 10.2. The predicted octanol–water partition coefficient (Wildman–Crippen LogP) is 3.03. The van der Waals surface area contributed by atoms with Gasteiger partial charge in [0.1, 0.15) is 5.82 Å². The summed E-state index contributed by atoms with van der Waals surface area (Å²) in [5.41, 5.74) is 3.17. The van der Waals surface area contributed by atoms with E-state index >= 15 is 0 Å². The van der Waals surface area contributed by atoms with Crippen LogP contribution in [0, 0.1) is 6.92 Å². The Bertz CT molecular complexity index is 732. The SMILES string of the molecule is CCNC(c1ncc(C)cn1)c1cccc2cccnc12. The second-order valence-corrected chi connectivity index (χ2v) is 5.03. The molecule has 2 aromatic heterocycles. The molecule has 1 atom stereocenters. The predicted molar refractivity (Wildman–Crippen MR) is 84.0 cm³/mol. The van der Waals surface area contributed by atoms with E-state index in [1.54, 1.807) is 0 Å². The molecule has 0 aliphatic carbocycles. The van der Waals surface area contributed by atoms with Crippen LogP contribution < -0.4 is 5.32 Å². The Morgan fingerprint density at radius 1 is 1.05 bits per heavy atom. The fourth-order valence-electron chi connectivity index (χ4n) is 2.46. The highest BCUT2D eigenvalue weighted by molar-refractivity contribution is 5.82. The Hall–Kier alpha value is -2.33. The Morgan fingerprint density at radius 2 is 1.81 bits per heavy atom. The molecule has 0 radical (unpaired) electrons. The Morgan fingerprint density at radius 3 is 2.57 bits per heavy atom. The Balaban J connectivity index is 2.13. The molecule has 2 heterocycles. The van der Waals surface area contributed by atoms with Gasteiger partial charge in [-0.15, -0.1) is 0 Å². The number of hydrogen-bond acceptors (Lipinski definition) is 4. The van der Waals surface area contributed by atoms with Gasteiger partial charge >= 0.3 is 0 Å². The van der Waals surface area contributed by atoms with Gasteiger partial charge in [-0.1, -0.05) is 31.2 Å². The Labute approximate surface area is 124 Å². The van der Waals surface area contributed by atoms with Gasteiger partial charge in [-0.05, 0) is 25.1 Å². The molecule has 0 aliphatic heterocycles. The van der Waals surface area contributed by atoms with Crippen LogP contribution in [0.25, 0.3) is 10.9 Å². The van der Waals surface area contributed by atoms with E-state index in [1.165, 1.54) is 0 Å². The Kier molecular flexibility index (Phi) is 3.88. The van der Waals surface area contributed by atoms with E-state index in [-0.39, 0.29) is 6.04 Å². The van der Waals surface area contributed by atoms with Crippen molar-refractivity contribution in [1.29, 1.82) is 0 Å². The molecule has 4 heteroatoms. The fraction of sp³-hybridized carbons (Fsp3) is 0.235. The first kappa shape index (κ1) is 13.6. The molecule has 0 spiro atoms. The average molecular weight is 278 g/mol. The zero-order valence-electron chi connectivity index (χ0n) is 12.2. The van der Waals surface area contributed by atoms with Crippen molar-refractivity contribution in [2.24, 2.45) is 0 Å². The zero-order valence-corrected chi connectivity index (χ0v) is 12.2. The lowest BCUT2D eigenvalue weighted by atomic mass is 10.0. The summed E-state index contributed by atoms with van der Waals surface area (Å²) in [5, 5.41) is 4.59. The lowest BCUT2D eigenvalue weighted by Gasteiger charge is -2.18. The van der Waals surface area contributed by atoms with Crippen LogP contribution in [0.5, 0.6) is 0 Å². The monoisotopic (exact) mass is 278 g/mol. The summed E-state index contributed by atoms with van der Waals surface area (Å²) >= 11 is 0. The van der Waals surface area contributed by atoms with Gasteiger partial charge in [-0.2, -0.15) is 0 Å². The molecule has 0 aliphatic rings. The van der Waals surface area contributed by atoms with Crippen LogP contribution in [0.2, 0.25) is 0 Å². The van der Waals surface area contributed by atoms with Gasteiger partial charge in [0.05, 0.1) is 11.6 Å². The second-order valence-electron chi connectivity index (χ2n) is 5.03. The number of pyridine rings is 1. The van der Waals surface area contributed by atoms with Crippen LogP contribution in [-0.2, 0) is 0 Å². The van der Waals surface area contributed by atoms with Crippen molar-refractivity contribution in [3.63, 3.8) is 0 Å². The molecule has 0 saturated heterocycles. The van der Waals surface area contributed by atoms with Crippen LogP contribution >= 0.6 is 0 Å². The number of fused-ring (bicyclic) bond motifs is 1. The van der Waals surface area contributed by atoms with E-state index in [2.05, 4.69) is 51.5 Å². The molecule has 106 valence electrons. The van der Waals surface area contributed by atoms with Crippen LogP contribution in [0.1, 0.15) is 29.9 Å². The van der Waals surface area contributed by atoms with Crippen molar-refractivity contribution >= 4 is 10.9 Å².